The van der Waals surface area contributed by atoms with E-state index in [4.69, 9.17) is 5.11 Å². The Kier molecular flexibility index (Phi) is 6.32. The van der Waals surface area contributed by atoms with Crippen molar-refractivity contribution in [3.05, 3.63) is 0 Å². The molecule has 0 aromatic heterocycles. The highest BCUT2D eigenvalue weighted by Gasteiger charge is 2.35. The molecule has 0 saturated carbocycles. The van der Waals surface area contributed by atoms with Gasteiger partial charge in [-0.05, 0) is 20.3 Å². The van der Waals surface area contributed by atoms with E-state index in [0.717, 1.165) is 0 Å². The van der Waals surface area contributed by atoms with E-state index in [9.17, 15) is 14.4 Å². The number of hydrogen-bond donors (Lipinski definition) is 4. The molecule has 18 heavy (non-hydrogen) atoms. The molecule has 3 amide bonds. The van der Waals surface area contributed by atoms with Gasteiger partial charge in [0.25, 0.3) is 0 Å². The summed E-state index contributed by atoms with van der Waals surface area (Å²) in [5.41, 5.74) is -1.19. The van der Waals surface area contributed by atoms with Gasteiger partial charge in [-0.15, -0.1) is 0 Å². The molecule has 0 spiro atoms. The van der Waals surface area contributed by atoms with Gasteiger partial charge < -0.3 is 10.4 Å². The van der Waals surface area contributed by atoms with E-state index in [-0.39, 0.29) is 0 Å². The van der Waals surface area contributed by atoms with Gasteiger partial charge in [0.2, 0.25) is 5.91 Å². The van der Waals surface area contributed by atoms with Gasteiger partial charge in [0.15, 0.2) is 0 Å². The van der Waals surface area contributed by atoms with Crippen LogP contribution in [-0.2, 0) is 9.59 Å². The lowest BCUT2D eigenvalue weighted by Crippen LogP contribution is -2.58. The first-order valence-electron chi connectivity index (χ1n) is 5.80. The molecule has 2 unspecified atom stereocenters. The fourth-order valence-electron chi connectivity index (χ4n) is 1.57. The summed E-state index contributed by atoms with van der Waals surface area (Å²) in [7, 11) is 1.39. The highest BCUT2D eigenvalue weighted by molar-refractivity contribution is 5.97. The van der Waals surface area contributed by atoms with Gasteiger partial charge in [0, 0.05) is 7.05 Å². The number of carbonyl (C=O) groups is 3. The van der Waals surface area contributed by atoms with Gasteiger partial charge in [-0.1, -0.05) is 13.3 Å². The number of rotatable bonds is 6. The number of hydrogen-bond acceptors (Lipinski definition) is 4. The van der Waals surface area contributed by atoms with Crippen molar-refractivity contribution >= 4 is 17.9 Å². The van der Waals surface area contributed by atoms with Crippen molar-refractivity contribution in [2.24, 2.45) is 0 Å². The Morgan fingerprint density at radius 1 is 1.33 bits per heavy atom. The molecule has 0 heterocycles. The molecular formula is C11H21N3O4. The average molecular weight is 259 g/mol. The minimum Gasteiger partial charge on any atom is -0.480 e. The van der Waals surface area contributed by atoms with Gasteiger partial charge >= 0.3 is 12.0 Å². The van der Waals surface area contributed by atoms with Crippen LogP contribution in [0.2, 0.25) is 0 Å². The third-order valence-corrected chi connectivity index (χ3v) is 2.61. The van der Waals surface area contributed by atoms with E-state index in [1.54, 1.807) is 0 Å². The SMILES string of the molecule is CCCC(C)(NC(C)C(=O)NC(=O)NC)C(=O)O. The normalized spacial score (nSPS) is 15.3. The lowest BCUT2D eigenvalue weighted by molar-refractivity contribution is -0.145. The highest BCUT2D eigenvalue weighted by atomic mass is 16.4. The smallest absolute Gasteiger partial charge is 0.323 e. The number of carboxylic acids is 1. The van der Waals surface area contributed by atoms with Gasteiger partial charge in [-0.2, -0.15) is 0 Å². The molecule has 0 aliphatic rings. The first-order chi connectivity index (χ1) is 8.26. The molecule has 0 aromatic rings. The van der Waals surface area contributed by atoms with Gasteiger partial charge in [0.05, 0.1) is 6.04 Å². The van der Waals surface area contributed by atoms with E-state index in [2.05, 4.69) is 16.0 Å². The zero-order valence-corrected chi connectivity index (χ0v) is 11.2. The first-order valence-corrected chi connectivity index (χ1v) is 5.80. The zero-order chi connectivity index (χ0) is 14.3. The molecule has 7 nitrogen and oxygen atoms in total. The molecule has 0 rings (SSSR count). The molecular weight excluding hydrogens is 238 g/mol. The topological polar surface area (TPSA) is 108 Å². The number of carbonyl (C=O) groups excluding carboxylic acids is 2. The van der Waals surface area contributed by atoms with Crippen LogP contribution in [0, 0.1) is 0 Å². The summed E-state index contributed by atoms with van der Waals surface area (Å²) in [5.74, 6) is -1.60. The van der Waals surface area contributed by atoms with Crippen LogP contribution >= 0.6 is 0 Å². The van der Waals surface area contributed by atoms with Crippen molar-refractivity contribution in [3.63, 3.8) is 0 Å². The molecule has 0 radical (unpaired) electrons. The molecule has 0 aromatic carbocycles. The average Bonchev–Trinajstić information content (AvgIpc) is 2.28. The Hall–Kier alpha value is -1.63. The predicted molar refractivity (Wildman–Crippen MR) is 66.1 cm³/mol. The molecule has 0 bridgehead atoms. The lowest BCUT2D eigenvalue weighted by Gasteiger charge is -2.29. The van der Waals surface area contributed by atoms with E-state index >= 15 is 0 Å². The molecule has 104 valence electrons. The van der Waals surface area contributed by atoms with Crippen LogP contribution in [0.3, 0.4) is 0 Å². The van der Waals surface area contributed by atoms with E-state index in [1.807, 2.05) is 6.92 Å². The van der Waals surface area contributed by atoms with Crippen molar-refractivity contribution in [2.45, 2.75) is 45.2 Å². The maximum Gasteiger partial charge on any atom is 0.323 e. The maximum absolute atomic E-state index is 11.6. The second kappa shape index (κ2) is 6.95. The standard InChI is InChI=1S/C11H21N3O4/c1-5-6-11(3,9(16)17)14-7(2)8(15)13-10(18)12-4/h7,14H,5-6H2,1-4H3,(H,16,17)(H2,12,13,15,18). The van der Waals surface area contributed by atoms with Crippen LogP contribution in [0.25, 0.3) is 0 Å². The molecule has 0 saturated heterocycles. The van der Waals surface area contributed by atoms with Crippen LogP contribution in [-0.4, -0.2) is 41.6 Å². The third-order valence-electron chi connectivity index (χ3n) is 2.61. The molecule has 0 aliphatic heterocycles. The Morgan fingerprint density at radius 2 is 1.89 bits per heavy atom. The number of imide groups is 1. The monoisotopic (exact) mass is 259 g/mol. The number of nitrogens with one attached hydrogen (secondary N) is 3. The summed E-state index contributed by atoms with van der Waals surface area (Å²) in [6.45, 7) is 4.88. The molecule has 7 heteroatoms. The highest BCUT2D eigenvalue weighted by Crippen LogP contribution is 2.13. The summed E-state index contributed by atoms with van der Waals surface area (Å²) >= 11 is 0. The summed E-state index contributed by atoms with van der Waals surface area (Å²) in [6.07, 6.45) is 1.06. The summed E-state index contributed by atoms with van der Waals surface area (Å²) in [4.78, 5) is 33.7. The van der Waals surface area contributed by atoms with Gasteiger partial charge in [0.1, 0.15) is 5.54 Å². The van der Waals surface area contributed by atoms with Gasteiger partial charge in [-0.3, -0.25) is 20.2 Å². The molecule has 0 aliphatic carbocycles. The van der Waals surface area contributed by atoms with Crippen molar-refractivity contribution < 1.29 is 19.5 Å². The van der Waals surface area contributed by atoms with Crippen LogP contribution in [0.4, 0.5) is 4.79 Å². The fraction of sp³-hybridized carbons (Fsp3) is 0.727. The summed E-state index contributed by atoms with van der Waals surface area (Å²) in [5, 5.41) is 16.2. The number of aliphatic carboxylic acids is 1. The van der Waals surface area contributed by atoms with Crippen molar-refractivity contribution in [1.29, 1.82) is 0 Å². The Bertz CT molecular complexity index is 332. The van der Waals surface area contributed by atoms with Crippen molar-refractivity contribution in [1.82, 2.24) is 16.0 Å². The Balaban J connectivity index is 4.60. The van der Waals surface area contributed by atoms with Crippen LogP contribution in [0.5, 0.6) is 0 Å². The van der Waals surface area contributed by atoms with Crippen molar-refractivity contribution in [3.8, 4) is 0 Å². The largest absolute Gasteiger partial charge is 0.480 e. The molecule has 0 fully saturated rings. The molecule has 4 N–H and O–H groups in total. The fourth-order valence-corrected chi connectivity index (χ4v) is 1.57. The predicted octanol–water partition coefficient (Wildman–Crippen LogP) is 0.0635. The number of urea groups is 1. The Morgan fingerprint density at radius 3 is 2.28 bits per heavy atom. The maximum atomic E-state index is 11.6. The Labute approximate surface area is 106 Å². The summed E-state index contributed by atoms with van der Waals surface area (Å²) < 4.78 is 0. The van der Waals surface area contributed by atoms with Crippen LogP contribution in [0.1, 0.15) is 33.6 Å². The van der Waals surface area contributed by atoms with E-state index in [0.29, 0.717) is 12.8 Å². The second-order valence-corrected chi connectivity index (χ2v) is 4.32. The van der Waals surface area contributed by atoms with E-state index < -0.39 is 29.5 Å². The van der Waals surface area contributed by atoms with E-state index in [1.165, 1.54) is 20.9 Å². The zero-order valence-electron chi connectivity index (χ0n) is 11.2. The quantitative estimate of drug-likeness (QED) is 0.539. The third kappa shape index (κ3) is 4.70. The lowest BCUT2D eigenvalue weighted by atomic mass is 9.95. The summed E-state index contributed by atoms with van der Waals surface area (Å²) in [6, 6.07) is -1.41. The van der Waals surface area contributed by atoms with Crippen molar-refractivity contribution in [2.75, 3.05) is 7.05 Å². The second-order valence-electron chi connectivity index (χ2n) is 4.32. The van der Waals surface area contributed by atoms with Crippen LogP contribution < -0.4 is 16.0 Å². The van der Waals surface area contributed by atoms with Gasteiger partial charge in [-0.25, -0.2) is 4.79 Å². The number of carboxylic acid groups (broad SMARTS) is 1. The number of amides is 3. The molecule has 2 atom stereocenters. The van der Waals surface area contributed by atoms with Crippen LogP contribution in [0.15, 0.2) is 0 Å². The minimum absolute atomic E-state index is 0.389. The first kappa shape index (κ1) is 16.4. The minimum atomic E-state index is -1.19.